The number of hydrogen-bond acceptors (Lipinski definition) is 2. The highest BCUT2D eigenvalue weighted by molar-refractivity contribution is 6.14. The third-order valence-electron chi connectivity index (χ3n) is 4.94. The fourth-order valence-corrected chi connectivity index (χ4v) is 3.90. The van der Waals surface area contributed by atoms with E-state index in [0.29, 0.717) is 5.22 Å². The monoisotopic (exact) mass is 317 g/mol. The Morgan fingerprint density at radius 3 is 2.08 bits per heavy atom. The normalized spacial score (nSPS) is 11.3. The van der Waals surface area contributed by atoms with Gasteiger partial charge in [0.25, 0.3) is 0 Å². The molecule has 0 atom stereocenters. The first-order valence-electron chi connectivity index (χ1n) is 7.95. The first-order chi connectivity index (χ1) is 12.2. The largest absolute Gasteiger partial charge is 0.308 e. The molecule has 2 aromatic carbocycles. The first-order valence-corrected chi connectivity index (χ1v) is 7.95. The summed E-state index contributed by atoms with van der Waals surface area (Å²) < 4.78 is 2.22. The van der Waals surface area contributed by atoms with Crippen LogP contribution in [0.5, 0.6) is 0 Å². The number of para-hydroxylation sites is 1. The molecule has 5 aromatic rings. The number of rotatable bonds is 0. The van der Waals surface area contributed by atoms with E-state index in [1.54, 1.807) is 0 Å². The quantitative estimate of drug-likeness (QED) is 0.439. The Morgan fingerprint density at radius 1 is 0.800 bits per heavy atom. The van der Waals surface area contributed by atoms with Crippen molar-refractivity contribution in [1.82, 2.24) is 4.40 Å². The van der Waals surface area contributed by atoms with Gasteiger partial charge in [-0.3, -0.25) is 0 Å². The summed E-state index contributed by atoms with van der Waals surface area (Å²) in [5, 5.41) is 24.7. The molecule has 0 saturated heterocycles. The molecule has 0 radical (unpaired) electrons. The number of nitrogens with zero attached hydrogens (tertiary/aromatic N) is 3. The van der Waals surface area contributed by atoms with Crippen LogP contribution in [0.1, 0.15) is 0 Å². The van der Waals surface area contributed by atoms with Gasteiger partial charge in [-0.2, -0.15) is 10.5 Å². The molecule has 0 unspecified atom stereocenters. The molecule has 0 fully saturated rings. The summed E-state index contributed by atoms with van der Waals surface area (Å²) in [7, 11) is 0. The number of benzene rings is 2. The second-order valence-corrected chi connectivity index (χ2v) is 6.18. The molecule has 0 amide bonds. The molecule has 3 nitrogen and oxygen atoms in total. The topological polar surface area (TPSA) is 52.0 Å². The fraction of sp³-hybridized carbons (Fsp3) is 0. The molecular weight excluding hydrogens is 306 g/mol. The van der Waals surface area contributed by atoms with Gasteiger partial charge < -0.3 is 4.40 Å². The van der Waals surface area contributed by atoms with Crippen LogP contribution in [0.2, 0.25) is 0 Å². The van der Waals surface area contributed by atoms with Crippen LogP contribution in [0.3, 0.4) is 0 Å². The van der Waals surface area contributed by atoms with Crippen LogP contribution >= 0.6 is 0 Å². The Balaban J connectivity index is 2.33. The zero-order valence-electron chi connectivity index (χ0n) is 13.2. The maximum absolute atomic E-state index is 9.42. The molecule has 0 aliphatic carbocycles. The molecule has 0 aliphatic rings. The van der Waals surface area contributed by atoms with Crippen LogP contribution < -0.4 is 10.4 Å². The summed E-state index contributed by atoms with van der Waals surface area (Å²) in [6.45, 7) is 4.22. The van der Waals surface area contributed by atoms with Gasteiger partial charge >= 0.3 is 0 Å². The van der Waals surface area contributed by atoms with Crippen LogP contribution in [0.15, 0.2) is 54.6 Å². The van der Waals surface area contributed by atoms with Crippen molar-refractivity contribution in [3.8, 4) is 12.1 Å². The van der Waals surface area contributed by atoms with Crippen LogP contribution in [-0.2, 0) is 0 Å². The molecule has 3 heterocycles. The summed E-state index contributed by atoms with van der Waals surface area (Å²) in [6, 6.07) is 22.3. The van der Waals surface area contributed by atoms with Gasteiger partial charge in [0, 0.05) is 26.8 Å². The third kappa shape index (κ3) is 1.57. The third-order valence-corrected chi connectivity index (χ3v) is 4.94. The molecule has 0 aliphatic heterocycles. The molecule has 0 spiro atoms. The second kappa shape index (κ2) is 4.60. The average Bonchev–Trinajstić information content (AvgIpc) is 2.97. The summed E-state index contributed by atoms with van der Waals surface area (Å²) in [4.78, 5) is 0. The van der Waals surface area contributed by atoms with Gasteiger partial charge in [0.15, 0.2) is 0 Å². The molecule has 0 bridgehead atoms. The number of nitriles is 2. The van der Waals surface area contributed by atoms with Gasteiger partial charge in [-0.15, -0.1) is 0 Å². The first kappa shape index (κ1) is 13.6. The van der Waals surface area contributed by atoms with Crippen molar-refractivity contribution in [2.75, 3.05) is 0 Å². The Hall–Kier alpha value is -3.82. The molecule has 25 heavy (non-hydrogen) atoms. The van der Waals surface area contributed by atoms with Crippen molar-refractivity contribution in [1.29, 1.82) is 10.5 Å². The van der Waals surface area contributed by atoms with E-state index in [0.717, 1.165) is 43.3 Å². The van der Waals surface area contributed by atoms with Crippen molar-refractivity contribution in [3.05, 3.63) is 65.0 Å². The summed E-state index contributed by atoms with van der Waals surface area (Å²) in [5.74, 6) is 0. The molecule has 114 valence electrons. The highest BCUT2D eigenvalue weighted by Gasteiger charge is 2.15. The standard InChI is InChI=1S/C22H11N3/c1-13-9-20-16-5-2-3-6-17(16)21-10-19(14(11-23)12-24)18-8-4-7-15(13)22(18)25(20)21/h2-10H,1H2. The van der Waals surface area contributed by atoms with Crippen molar-refractivity contribution in [2.24, 2.45) is 0 Å². The van der Waals surface area contributed by atoms with E-state index >= 15 is 0 Å². The van der Waals surface area contributed by atoms with E-state index in [-0.39, 0.29) is 5.57 Å². The van der Waals surface area contributed by atoms with Crippen LogP contribution in [0, 0.1) is 22.7 Å². The maximum atomic E-state index is 9.42. The van der Waals surface area contributed by atoms with Crippen LogP contribution in [-0.4, -0.2) is 4.40 Å². The van der Waals surface area contributed by atoms with Crippen molar-refractivity contribution in [3.63, 3.8) is 0 Å². The summed E-state index contributed by atoms with van der Waals surface area (Å²) in [6.07, 6.45) is 0. The van der Waals surface area contributed by atoms with Gasteiger partial charge in [-0.25, -0.2) is 0 Å². The molecule has 0 saturated carbocycles. The molecular formula is C22H11N3. The Morgan fingerprint density at radius 2 is 1.40 bits per heavy atom. The lowest BCUT2D eigenvalue weighted by molar-refractivity contribution is 1.32. The van der Waals surface area contributed by atoms with Gasteiger partial charge in [0.1, 0.15) is 17.7 Å². The van der Waals surface area contributed by atoms with E-state index in [2.05, 4.69) is 29.2 Å². The van der Waals surface area contributed by atoms with E-state index in [9.17, 15) is 10.5 Å². The average molecular weight is 317 g/mol. The van der Waals surface area contributed by atoms with Crippen molar-refractivity contribution in [2.45, 2.75) is 0 Å². The molecule has 3 heteroatoms. The number of hydrogen-bond donors (Lipinski definition) is 0. The summed E-state index contributed by atoms with van der Waals surface area (Å²) >= 11 is 0. The zero-order chi connectivity index (χ0) is 17.1. The van der Waals surface area contributed by atoms with E-state index in [1.807, 2.05) is 48.5 Å². The highest BCUT2D eigenvalue weighted by atomic mass is 14.9. The lowest BCUT2D eigenvalue weighted by atomic mass is 10.0. The Kier molecular flexibility index (Phi) is 2.50. The van der Waals surface area contributed by atoms with Gasteiger partial charge in [0.05, 0.1) is 16.6 Å². The predicted octanol–water partition coefficient (Wildman–Crippen LogP) is 3.44. The fourth-order valence-electron chi connectivity index (χ4n) is 3.90. The molecule has 3 aromatic heterocycles. The maximum Gasteiger partial charge on any atom is 0.137 e. The number of pyridine rings is 2. The Bertz CT molecular complexity index is 1510. The predicted molar refractivity (Wildman–Crippen MR) is 101 cm³/mol. The van der Waals surface area contributed by atoms with Gasteiger partial charge in [-0.05, 0) is 17.4 Å². The van der Waals surface area contributed by atoms with Crippen LogP contribution in [0.4, 0.5) is 0 Å². The Labute approximate surface area is 142 Å². The van der Waals surface area contributed by atoms with Gasteiger partial charge in [-0.1, -0.05) is 49.0 Å². The number of aromatic nitrogens is 1. The minimum atomic E-state index is 0.131. The smallest absolute Gasteiger partial charge is 0.137 e. The zero-order valence-corrected chi connectivity index (χ0v) is 13.2. The van der Waals surface area contributed by atoms with E-state index < -0.39 is 0 Å². The minimum Gasteiger partial charge on any atom is -0.308 e. The van der Waals surface area contributed by atoms with Crippen LogP contribution in [0.25, 0.3) is 50.2 Å². The van der Waals surface area contributed by atoms with E-state index in [1.165, 1.54) is 0 Å². The van der Waals surface area contributed by atoms with Crippen molar-refractivity contribution < 1.29 is 0 Å². The number of fused-ring (bicyclic) bond motifs is 3. The SMILES string of the molecule is C=c1cc2c3ccccc3c3cc(=C(C#N)C#N)c4cccc1c4n23. The van der Waals surface area contributed by atoms with E-state index in [4.69, 9.17) is 0 Å². The molecule has 5 rings (SSSR count). The molecule has 0 N–H and O–H groups in total. The van der Waals surface area contributed by atoms with Crippen molar-refractivity contribution >= 4 is 50.2 Å². The minimum absolute atomic E-state index is 0.131. The highest BCUT2D eigenvalue weighted by Crippen LogP contribution is 2.31. The van der Waals surface area contributed by atoms with Gasteiger partial charge in [0.2, 0.25) is 0 Å². The lowest BCUT2D eigenvalue weighted by Crippen LogP contribution is -2.12. The lowest BCUT2D eigenvalue weighted by Gasteiger charge is -2.10. The second-order valence-electron chi connectivity index (χ2n) is 6.18. The summed E-state index contributed by atoms with van der Waals surface area (Å²) in [5.41, 5.74) is 3.25.